The monoisotopic (exact) mass is 179 g/mol. The van der Waals surface area contributed by atoms with E-state index in [0.717, 1.165) is 12.2 Å². The van der Waals surface area contributed by atoms with Gasteiger partial charge in [0.25, 0.3) is 0 Å². The van der Waals surface area contributed by atoms with Crippen LogP contribution in [0.4, 0.5) is 0 Å². The maximum absolute atomic E-state index is 11.5. The summed E-state index contributed by atoms with van der Waals surface area (Å²) in [7, 11) is 0. The molecule has 2 nitrogen and oxygen atoms in total. The van der Waals surface area contributed by atoms with Crippen LogP contribution in [0.2, 0.25) is 0 Å². The molecule has 0 bridgehead atoms. The summed E-state index contributed by atoms with van der Waals surface area (Å²) in [6.45, 7) is 6.94. The molecule has 0 aromatic carbocycles. The van der Waals surface area contributed by atoms with Gasteiger partial charge in [0.2, 0.25) is 5.91 Å². The summed E-state index contributed by atoms with van der Waals surface area (Å²) in [5.74, 6) is 0.757. The molecule has 0 aromatic rings. The predicted molar refractivity (Wildman–Crippen MR) is 54.1 cm³/mol. The van der Waals surface area contributed by atoms with E-state index in [9.17, 15) is 4.79 Å². The van der Waals surface area contributed by atoms with Gasteiger partial charge < -0.3 is 4.90 Å². The van der Waals surface area contributed by atoms with Crippen molar-refractivity contribution in [2.75, 3.05) is 6.54 Å². The molecule has 1 rings (SSSR count). The summed E-state index contributed by atoms with van der Waals surface area (Å²) < 4.78 is 0. The van der Waals surface area contributed by atoms with Crippen molar-refractivity contribution in [1.82, 2.24) is 4.90 Å². The Labute approximate surface area is 79.9 Å². The highest BCUT2D eigenvalue weighted by molar-refractivity contribution is 5.80. The molecular weight excluding hydrogens is 162 g/mol. The Morgan fingerprint density at radius 2 is 2.31 bits per heavy atom. The number of amides is 1. The van der Waals surface area contributed by atoms with Crippen molar-refractivity contribution < 1.29 is 4.79 Å². The second-order valence-corrected chi connectivity index (χ2v) is 3.65. The fraction of sp³-hybridized carbons (Fsp3) is 0.545. The Balaban J connectivity index is 2.67. The Hall–Kier alpha value is -1.05. The third-order valence-electron chi connectivity index (χ3n) is 2.27. The van der Waals surface area contributed by atoms with Gasteiger partial charge in [-0.2, -0.15) is 0 Å². The molecule has 0 aliphatic carbocycles. The number of carbonyl (C=O) groups is 1. The molecule has 1 saturated heterocycles. The number of nitrogens with zero attached hydrogens (tertiary/aromatic N) is 1. The zero-order valence-electron chi connectivity index (χ0n) is 8.58. The number of rotatable bonds is 2. The van der Waals surface area contributed by atoms with Crippen molar-refractivity contribution in [3.63, 3.8) is 0 Å². The average molecular weight is 179 g/mol. The minimum Gasteiger partial charge on any atom is -0.316 e. The number of allylic oxidation sites excluding steroid dienone is 4. The minimum atomic E-state index is 0.255. The number of likely N-dealkylation sites (tertiary alicyclic amines) is 1. The van der Waals surface area contributed by atoms with Gasteiger partial charge >= 0.3 is 0 Å². The molecule has 1 aliphatic heterocycles. The van der Waals surface area contributed by atoms with E-state index < -0.39 is 0 Å². The summed E-state index contributed by atoms with van der Waals surface area (Å²) in [5, 5.41) is 0. The first-order valence-electron chi connectivity index (χ1n) is 4.75. The molecule has 1 atom stereocenters. The molecule has 0 N–H and O–H groups in total. The normalized spacial score (nSPS) is 24.8. The van der Waals surface area contributed by atoms with Crippen LogP contribution >= 0.6 is 0 Å². The lowest BCUT2D eigenvalue weighted by molar-refractivity contribution is -0.126. The molecule has 0 radical (unpaired) electrons. The van der Waals surface area contributed by atoms with Crippen molar-refractivity contribution in [2.24, 2.45) is 5.92 Å². The zero-order chi connectivity index (χ0) is 9.84. The van der Waals surface area contributed by atoms with Gasteiger partial charge in [-0.05, 0) is 25.8 Å². The average Bonchev–Trinajstić information content (AvgIpc) is 2.41. The van der Waals surface area contributed by atoms with Crippen LogP contribution in [-0.4, -0.2) is 17.4 Å². The smallest absolute Gasteiger partial charge is 0.227 e. The van der Waals surface area contributed by atoms with E-state index in [0.29, 0.717) is 12.3 Å². The van der Waals surface area contributed by atoms with Crippen LogP contribution in [0.15, 0.2) is 23.9 Å². The van der Waals surface area contributed by atoms with Crippen LogP contribution < -0.4 is 0 Å². The number of hydrogen-bond acceptors (Lipinski definition) is 1. The van der Waals surface area contributed by atoms with Crippen LogP contribution in [-0.2, 0) is 4.79 Å². The van der Waals surface area contributed by atoms with Gasteiger partial charge in [0.15, 0.2) is 0 Å². The van der Waals surface area contributed by atoms with Crippen molar-refractivity contribution in [3.8, 4) is 0 Å². The second-order valence-electron chi connectivity index (χ2n) is 3.65. The van der Waals surface area contributed by atoms with E-state index >= 15 is 0 Å². The topological polar surface area (TPSA) is 20.3 Å². The predicted octanol–water partition coefficient (Wildman–Crippen LogP) is 2.33. The van der Waals surface area contributed by atoms with Crippen molar-refractivity contribution in [2.45, 2.75) is 27.2 Å². The lowest BCUT2D eigenvalue weighted by atomic mass is 10.2. The van der Waals surface area contributed by atoms with Crippen LogP contribution in [0.1, 0.15) is 27.2 Å². The van der Waals surface area contributed by atoms with Crippen LogP contribution in [0, 0.1) is 5.92 Å². The van der Waals surface area contributed by atoms with Gasteiger partial charge in [0.1, 0.15) is 0 Å². The Kier molecular flexibility index (Phi) is 3.29. The molecule has 2 heteroatoms. The highest BCUT2D eigenvalue weighted by Crippen LogP contribution is 2.20. The number of hydrogen-bond donors (Lipinski definition) is 0. The fourth-order valence-corrected chi connectivity index (χ4v) is 1.55. The highest BCUT2D eigenvalue weighted by Gasteiger charge is 2.26. The molecule has 1 amide bonds. The molecule has 1 heterocycles. The Morgan fingerprint density at radius 1 is 1.62 bits per heavy atom. The highest BCUT2D eigenvalue weighted by atomic mass is 16.2. The molecule has 1 unspecified atom stereocenters. The van der Waals surface area contributed by atoms with E-state index in [4.69, 9.17) is 0 Å². The minimum absolute atomic E-state index is 0.255. The maximum atomic E-state index is 11.5. The lowest BCUT2D eigenvalue weighted by Crippen LogP contribution is -2.22. The van der Waals surface area contributed by atoms with Gasteiger partial charge in [-0.15, -0.1) is 0 Å². The van der Waals surface area contributed by atoms with E-state index in [1.165, 1.54) is 0 Å². The standard InChI is InChI=1S/C11H17NO/c1-4-5-6-10(3)12-8-9(2)7-11(12)13/h4-6,9H,7-8H2,1-3H3/b5-4-,10-6+. The SMILES string of the molecule is C/C=C\C=C(/C)N1CC(C)CC1=O. The molecule has 0 saturated carbocycles. The third-order valence-corrected chi connectivity index (χ3v) is 2.27. The quantitative estimate of drug-likeness (QED) is 0.596. The summed E-state index contributed by atoms with van der Waals surface area (Å²) >= 11 is 0. The number of carbonyl (C=O) groups excluding carboxylic acids is 1. The van der Waals surface area contributed by atoms with Crippen molar-refractivity contribution in [3.05, 3.63) is 23.9 Å². The third kappa shape index (κ3) is 2.44. The molecule has 72 valence electrons. The fourth-order valence-electron chi connectivity index (χ4n) is 1.55. The van der Waals surface area contributed by atoms with Gasteiger partial charge in [0, 0.05) is 18.7 Å². The van der Waals surface area contributed by atoms with E-state index in [1.807, 2.05) is 37.0 Å². The Morgan fingerprint density at radius 3 is 2.77 bits per heavy atom. The molecular formula is C11H17NO. The van der Waals surface area contributed by atoms with Crippen molar-refractivity contribution in [1.29, 1.82) is 0 Å². The molecule has 0 aromatic heterocycles. The van der Waals surface area contributed by atoms with Crippen molar-refractivity contribution >= 4 is 5.91 Å². The second kappa shape index (κ2) is 4.26. The zero-order valence-corrected chi connectivity index (χ0v) is 8.58. The summed E-state index contributed by atoms with van der Waals surface area (Å²) in [5.41, 5.74) is 1.05. The van der Waals surface area contributed by atoms with Gasteiger partial charge in [-0.1, -0.05) is 19.1 Å². The van der Waals surface area contributed by atoms with Gasteiger partial charge in [0.05, 0.1) is 0 Å². The van der Waals surface area contributed by atoms with Crippen LogP contribution in [0.5, 0.6) is 0 Å². The first-order chi connectivity index (χ1) is 6.15. The molecule has 0 spiro atoms. The van der Waals surface area contributed by atoms with Gasteiger partial charge in [-0.3, -0.25) is 4.79 Å². The Bertz CT molecular complexity index is 253. The van der Waals surface area contributed by atoms with E-state index in [-0.39, 0.29) is 5.91 Å². The van der Waals surface area contributed by atoms with Gasteiger partial charge in [-0.25, -0.2) is 0 Å². The van der Waals surface area contributed by atoms with Crippen LogP contribution in [0.3, 0.4) is 0 Å². The summed E-state index contributed by atoms with van der Waals surface area (Å²) in [6, 6.07) is 0. The van der Waals surface area contributed by atoms with E-state index in [1.54, 1.807) is 0 Å². The maximum Gasteiger partial charge on any atom is 0.227 e. The molecule has 1 fully saturated rings. The summed E-state index contributed by atoms with van der Waals surface area (Å²) in [4.78, 5) is 13.3. The molecule has 13 heavy (non-hydrogen) atoms. The first kappa shape index (κ1) is 10.0. The summed E-state index contributed by atoms with van der Waals surface area (Å²) in [6.07, 6.45) is 6.61. The molecule has 1 aliphatic rings. The first-order valence-corrected chi connectivity index (χ1v) is 4.75. The van der Waals surface area contributed by atoms with E-state index in [2.05, 4.69) is 6.92 Å². The largest absolute Gasteiger partial charge is 0.316 e. The lowest BCUT2D eigenvalue weighted by Gasteiger charge is -2.15. The van der Waals surface area contributed by atoms with Crippen LogP contribution in [0.25, 0.3) is 0 Å².